The first kappa shape index (κ1) is 19.2. The normalized spacial score (nSPS) is 15.4. The maximum Gasteiger partial charge on any atom is 0.340 e. The summed E-state index contributed by atoms with van der Waals surface area (Å²) in [6.45, 7) is 5.68. The summed E-state index contributed by atoms with van der Waals surface area (Å²) in [4.78, 5) is 26.4. The standard InChI is InChI=1S/C17H24N2O5S/c1-17(2,3)24-16(21)12-8-6-9-13(18(4)25(5,22)23)15(12)19-11-7-10-14(19)20/h6,8-9H,7,10-11H2,1-5H3. The van der Waals surface area contributed by atoms with Crippen molar-refractivity contribution in [3.05, 3.63) is 23.8 Å². The highest BCUT2D eigenvalue weighted by Gasteiger charge is 2.32. The van der Waals surface area contributed by atoms with Crippen molar-refractivity contribution in [1.29, 1.82) is 0 Å². The number of carbonyl (C=O) groups excluding carboxylic acids is 2. The number of rotatable bonds is 4. The summed E-state index contributed by atoms with van der Waals surface area (Å²) in [5, 5.41) is 0. The van der Waals surface area contributed by atoms with E-state index < -0.39 is 21.6 Å². The number of hydrogen-bond donors (Lipinski definition) is 0. The summed E-state index contributed by atoms with van der Waals surface area (Å²) in [5.41, 5.74) is 0.0359. The van der Waals surface area contributed by atoms with Gasteiger partial charge in [-0.25, -0.2) is 13.2 Å². The van der Waals surface area contributed by atoms with E-state index in [9.17, 15) is 18.0 Å². The first-order chi connectivity index (χ1) is 11.4. The molecular weight excluding hydrogens is 344 g/mol. The molecular formula is C17H24N2O5S. The molecule has 1 heterocycles. The van der Waals surface area contributed by atoms with Crippen LogP contribution in [0.25, 0.3) is 0 Å². The molecule has 0 aliphatic carbocycles. The Morgan fingerprint density at radius 3 is 2.40 bits per heavy atom. The lowest BCUT2D eigenvalue weighted by atomic mass is 10.1. The number of para-hydroxylation sites is 1. The molecule has 7 nitrogen and oxygen atoms in total. The Morgan fingerprint density at radius 1 is 1.28 bits per heavy atom. The highest BCUT2D eigenvalue weighted by molar-refractivity contribution is 7.92. The van der Waals surface area contributed by atoms with Crippen molar-refractivity contribution in [2.75, 3.05) is 29.1 Å². The molecule has 1 aromatic rings. The van der Waals surface area contributed by atoms with Crippen LogP contribution in [0.2, 0.25) is 0 Å². The van der Waals surface area contributed by atoms with E-state index in [1.165, 1.54) is 11.9 Å². The lowest BCUT2D eigenvalue weighted by Crippen LogP contribution is -2.32. The average Bonchev–Trinajstić information content (AvgIpc) is 2.88. The van der Waals surface area contributed by atoms with Crippen LogP contribution in [0.1, 0.15) is 44.0 Å². The topological polar surface area (TPSA) is 84.0 Å². The van der Waals surface area contributed by atoms with Crippen LogP contribution >= 0.6 is 0 Å². The van der Waals surface area contributed by atoms with Crippen LogP contribution in [0.5, 0.6) is 0 Å². The Balaban J connectivity index is 2.64. The van der Waals surface area contributed by atoms with Gasteiger partial charge in [-0.2, -0.15) is 0 Å². The smallest absolute Gasteiger partial charge is 0.340 e. The molecule has 8 heteroatoms. The molecule has 0 unspecified atom stereocenters. The second-order valence-electron chi connectivity index (χ2n) is 7.05. The van der Waals surface area contributed by atoms with Gasteiger partial charge < -0.3 is 9.64 Å². The molecule has 0 radical (unpaired) electrons. The van der Waals surface area contributed by atoms with Gasteiger partial charge in [-0.3, -0.25) is 9.10 Å². The summed E-state index contributed by atoms with van der Waals surface area (Å²) in [5.74, 6) is -0.731. The van der Waals surface area contributed by atoms with E-state index in [0.717, 1.165) is 10.6 Å². The number of benzene rings is 1. The van der Waals surface area contributed by atoms with Gasteiger partial charge in [0, 0.05) is 20.0 Å². The Kier molecular flexibility index (Phi) is 5.13. The molecule has 0 bridgehead atoms. The van der Waals surface area contributed by atoms with Crippen molar-refractivity contribution >= 4 is 33.3 Å². The SMILES string of the molecule is CN(c1cccc(C(=O)OC(C)(C)C)c1N1CCCC1=O)S(C)(=O)=O. The van der Waals surface area contributed by atoms with Crippen molar-refractivity contribution in [3.8, 4) is 0 Å². The van der Waals surface area contributed by atoms with Crippen molar-refractivity contribution in [2.45, 2.75) is 39.2 Å². The van der Waals surface area contributed by atoms with E-state index in [1.54, 1.807) is 39.0 Å². The zero-order valence-electron chi connectivity index (χ0n) is 15.2. The van der Waals surface area contributed by atoms with E-state index >= 15 is 0 Å². The minimum absolute atomic E-state index is 0.140. The van der Waals surface area contributed by atoms with E-state index in [-0.39, 0.29) is 22.8 Å². The van der Waals surface area contributed by atoms with Gasteiger partial charge >= 0.3 is 5.97 Å². The molecule has 0 atom stereocenters. The molecule has 1 fully saturated rings. The number of esters is 1. The summed E-state index contributed by atoms with van der Waals surface area (Å²) in [6, 6.07) is 4.71. The molecule has 0 spiro atoms. The van der Waals surface area contributed by atoms with Crippen molar-refractivity contribution in [1.82, 2.24) is 0 Å². The number of anilines is 2. The van der Waals surface area contributed by atoms with Gasteiger partial charge in [0.1, 0.15) is 5.60 Å². The zero-order valence-corrected chi connectivity index (χ0v) is 16.0. The van der Waals surface area contributed by atoms with E-state index in [2.05, 4.69) is 0 Å². The summed E-state index contributed by atoms with van der Waals surface area (Å²) in [6.07, 6.45) is 2.09. The number of amides is 1. The number of carbonyl (C=O) groups is 2. The molecule has 138 valence electrons. The third-order valence-electron chi connectivity index (χ3n) is 3.81. The molecule has 1 amide bonds. The monoisotopic (exact) mass is 368 g/mol. The lowest BCUT2D eigenvalue weighted by Gasteiger charge is -2.28. The van der Waals surface area contributed by atoms with Crippen LogP contribution in [0.4, 0.5) is 11.4 Å². The average molecular weight is 368 g/mol. The fourth-order valence-corrected chi connectivity index (χ4v) is 3.13. The quantitative estimate of drug-likeness (QED) is 0.761. The molecule has 1 aliphatic heterocycles. The maximum absolute atomic E-state index is 12.6. The molecule has 1 saturated heterocycles. The van der Waals surface area contributed by atoms with Crippen molar-refractivity contribution in [2.24, 2.45) is 0 Å². The largest absolute Gasteiger partial charge is 0.456 e. The van der Waals surface area contributed by atoms with Crippen molar-refractivity contribution < 1.29 is 22.7 Å². The highest BCUT2D eigenvalue weighted by atomic mass is 32.2. The molecule has 25 heavy (non-hydrogen) atoms. The predicted molar refractivity (Wildman–Crippen MR) is 96.4 cm³/mol. The van der Waals surface area contributed by atoms with Gasteiger partial charge in [-0.1, -0.05) is 6.07 Å². The Morgan fingerprint density at radius 2 is 1.92 bits per heavy atom. The Bertz CT molecular complexity index is 796. The molecule has 1 aromatic carbocycles. The number of sulfonamides is 1. The molecule has 0 N–H and O–H groups in total. The number of ether oxygens (including phenoxy) is 1. The minimum atomic E-state index is -3.56. The fraction of sp³-hybridized carbons (Fsp3) is 0.529. The molecule has 2 rings (SSSR count). The highest BCUT2D eigenvalue weighted by Crippen LogP contribution is 2.37. The summed E-state index contributed by atoms with van der Waals surface area (Å²) >= 11 is 0. The maximum atomic E-state index is 12.6. The Labute approximate surface area is 148 Å². The van der Waals surface area contributed by atoms with Gasteiger partial charge in [0.2, 0.25) is 15.9 Å². The third-order valence-corrected chi connectivity index (χ3v) is 5.01. The van der Waals surface area contributed by atoms with Gasteiger partial charge in [0.15, 0.2) is 0 Å². The first-order valence-electron chi connectivity index (χ1n) is 8.02. The van der Waals surface area contributed by atoms with Gasteiger partial charge in [-0.15, -0.1) is 0 Å². The van der Waals surface area contributed by atoms with Crippen molar-refractivity contribution in [3.63, 3.8) is 0 Å². The van der Waals surface area contributed by atoms with Gasteiger partial charge in [0.05, 0.1) is 23.2 Å². The fourth-order valence-electron chi connectivity index (χ4n) is 2.63. The number of nitrogens with zero attached hydrogens (tertiary/aromatic N) is 2. The lowest BCUT2D eigenvalue weighted by molar-refractivity contribution is -0.117. The second-order valence-corrected chi connectivity index (χ2v) is 9.07. The van der Waals surface area contributed by atoms with Crippen LogP contribution in [-0.4, -0.2) is 45.7 Å². The molecule has 1 aliphatic rings. The van der Waals surface area contributed by atoms with E-state index in [4.69, 9.17) is 4.74 Å². The first-order valence-corrected chi connectivity index (χ1v) is 9.87. The van der Waals surface area contributed by atoms with Crippen LogP contribution in [-0.2, 0) is 19.6 Å². The van der Waals surface area contributed by atoms with Crippen LogP contribution < -0.4 is 9.21 Å². The van der Waals surface area contributed by atoms with E-state index in [0.29, 0.717) is 19.4 Å². The predicted octanol–water partition coefficient (Wildman–Crippen LogP) is 2.16. The summed E-state index contributed by atoms with van der Waals surface area (Å²) in [7, 11) is -2.16. The van der Waals surface area contributed by atoms with Crippen LogP contribution in [0, 0.1) is 0 Å². The van der Waals surface area contributed by atoms with Gasteiger partial charge in [0.25, 0.3) is 0 Å². The minimum Gasteiger partial charge on any atom is -0.456 e. The van der Waals surface area contributed by atoms with Crippen LogP contribution in [0.15, 0.2) is 18.2 Å². The molecule has 0 aromatic heterocycles. The van der Waals surface area contributed by atoms with E-state index in [1.807, 2.05) is 0 Å². The summed E-state index contributed by atoms with van der Waals surface area (Å²) < 4.78 is 30.5. The van der Waals surface area contributed by atoms with Crippen LogP contribution in [0.3, 0.4) is 0 Å². The Hall–Kier alpha value is -2.09. The zero-order chi connectivity index (χ0) is 19.0. The third kappa shape index (κ3) is 4.31. The molecule has 0 saturated carbocycles. The number of hydrogen-bond acceptors (Lipinski definition) is 5. The second kappa shape index (κ2) is 6.67. The van der Waals surface area contributed by atoms with Gasteiger partial charge in [-0.05, 0) is 39.3 Å².